The van der Waals surface area contributed by atoms with Gasteiger partial charge in [0.1, 0.15) is 11.5 Å². The lowest BCUT2D eigenvalue weighted by Gasteiger charge is -2.07. The van der Waals surface area contributed by atoms with Crippen LogP contribution in [0.2, 0.25) is 0 Å². The zero-order valence-corrected chi connectivity index (χ0v) is 13.0. The van der Waals surface area contributed by atoms with Crippen molar-refractivity contribution in [3.8, 4) is 0 Å². The van der Waals surface area contributed by atoms with Crippen molar-refractivity contribution in [2.24, 2.45) is 5.10 Å². The molecule has 0 aliphatic carbocycles. The van der Waals surface area contributed by atoms with E-state index in [0.717, 1.165) is 22.7 Å². The molecular formula is C17H18N4O2. The second-order valence-electron chi connectivity index (χ2n) is 5.27. The minimum absolute atomic E-state index is 0.268. The Morgan fingerprint density at radius 1 is 1.39 bits per heavy atom. The predicted molar refractivity (Wildman–Crippen MR) is 87.6 cm³/mol. The predicted octanol–water partition coefficient (Wildman–Crippen LogP) is 2.84. The molecule has 0 aliphatic heterocycles. The molecule has 0 aromatic carbocycles. The number of furan rings is 1. The van der Waals surface area contributed by atoms with Crippen molar-refractivity contribution < 1.29 is 9.21 Å². The quantitative estimate of drug-likeness (QED) is 0.561. The number of hydrogen-bond acceptors (Lipinski definition) is 3. The Hall–Kier alpha value is -3.02. The molecule has 0 saturated heterocycles. The maximum absolute atomic E-state index is 11.8. The highest BCUT2D eigenvalue weighted by atomic mass is 16.3. The third-order valence-electron chi connectivity index (χ3n) is 3.72. The second kappa shape index (κ2) is 6.39. The zero-order valence-electron chi connectivity index (χ0n) is 13.0. The molecule has 6 nitrogen and oxygen atoms in total. The van der Waals surface area contributed by atoms with Crippen LogP contribution < -0.4 is 5.43 Å². The van der Waals surface area contributed by atoms with Crippen LogP contribution in [0.5, 0.6) is 0 Å². The summed E-state index contributed by atoms with van der Waals surface area (Å²) in [6, 6.07) is 9.31. The minimum Gasteiger partial charge on any atom is -0.467 e. The number of hydrogen-bond donors (Lipinski definition) is 2. The Morgan fingerprint density at radius 2 is 2.26 bits per heavy atom. The van der Waals surface area contributed by atoms with Gasteiger partial charge in [-0.3, -0.25) is 4.79 Å². The molecule has 0 radical (unpaired) electrons. The van der Waals surface area contributed by atoms with Crippen molar-refractivity contribution in [3.05, 3.63) is 71.2 Å². The van der Waals surface area contributed by atoms with Gasteiger partial charge in [0.25, 0.3) is 5.91 Å². The lowest BCUT2D eigenvalue weighted by molar-refractivity contribution is 0.0951. The van der Waals surface area contributed by atoms with Crippen LogP contribution in [0.25, 0.3) is 0 Å². The van der Waals surface area contributed by atoms with E-state index in [9.17, 15) is 4.79 Å². The lowest BCUT2D eigenvalue weighted by Crippen LogP contribution is -2.17. The molecule has 0 saturated carbocycles. The van der Waals surface area contributed by atoms with Gasteiger partial charge >= 0.3 is 0 Å². The number of rotatable bonds is 5. The topological polar surface area (TPSA) is 75.3 Å². The number of nitrogens with one attached hydrogen (secondary N) is 2. The largest absolute Gasteiger partial charge is 0.467 e. The molecular weight excluding hydrogens is 292 g/mol. The maximum Gasteiger partial charge on any atom is 0.287 e. The molecule has 0 atom stereocenters. The van der Waals surface area contributed by atoms with Crippen LogP contribution in [0, 0.1) is 13.8 Å². The van der Waals surface area contributed by atoms with Crippen LogP contribution in [-0.4, -0.2) is 21.7 Å². The summed E-state index contributed by atoms with van der Waals surface area (Å²) in [6.07, 6.45) is 5.02. The first kappa shape index (κ1) is 14.9. The van der Waals surface area contributed by atoms with Crippen molar-refractivity contribution >= 4 is 12.1 Å². The number of aromatic nitrogens is 2. The third kappa shape index (κ3) is 3.26. The van der Waals surface area contributed by atoms with Crippen LogP contribution in [-0.2, 0) is 6.54 Å². The van der Waals surface area contributed by atoms with Crippen LogP contribution >= 0.6 is 0 Å². The van der Waals surface area contributed by atoms with E-state index in [1.807, 2.05) is 32.0 Å². The Labute approximate surface area is 133 Å². The highest BCUT2D eigenvalue weighted by Crippen LogP contribution is 2.16. The molecule has 0 aliphatic rings. The monoisotopic (exact) mass is 310 g/mol. The maximum atomic E-state index is 11.8. The van der Waals surface area contributed by atoms with Gasteiger partial charge in [0, 0.05) is 23.1 Å². The molecule has 6 heteroatoms. The van der Waals surface area contributed by atoms with Gasteiger partial charge in [0.2, 0.25) is 0 Å². The number of aryl methyl sites for hydroxylation is 1. The highest BCUT2D eigenvalue weighted by molar-refractivity contribution is 5.93. The second-order valence-corrected chi connectivity index (χ2v) is 5.27. The van der Waals surface area contributed by atoms with Gasteiger partial charge in [-0.2, -0.15) is 5.10 Å². The van der Waals surface area contributed by atoms with E-state index in [0.29, 0.717) is 12.2 Å². The van der Waals surface area contributed by atoms with Crippen LogP contribution in [0.1, 0.15) is 33.2 Å². The van der Waals surface area contributed by atoms with E-state index in [4.69, 9.17) is 4.42 Å². The number of aromatic amines is 1. The number of amides is 1. The smallest absolute Gasteiger partial charge is 0.287 e. The fraction of sp³-hybridized carbons (Fsp3) is 0.176. The summed E-state index contributed by atoms with van der Waals surface area (Å²) in [5.74, 6) is 0.631. The SMILES string of the molecule is Cc1cc(/C=N\NC(=O)c2ccc[nH]2)c(C)n1Cc1ccco1. The van der Waals surface area contributed by atoms with E-state index in [1.165, 1.54) is 0 Å². The van der Waals surface area contributed by atoms with Crippen LogP contribution in [0.15, 0.2) is 52.3 Å². The fourth-order valence-corrected chi connectivity index (χ4v) is 2.45. The summed E-state index contributed by atoms with van der Waals surface area (Å²) in [6.45, 7) is 4.72. The summed E-state index contributed by atoms with van der Waals surface area (Å²) >= 11 is 0. The molecule has 0 unspecified atom stereocenters. The standard InChI is InChI=1S/C17H18N4O2/c1-12-9-14(10-19-20-17(22)16-6-3-7-18-16)13(2)21(12)11-15-5-4-8-23-15/h3-10,18H,11H2,1-2H3,(H,20,22)/b19-10-. The van der Waals surface area contributed by atoms with Crippen molar-refractivity contribution in [1.82, 2.24) is 15.0 Å². The molecule has 3 aromatic rings. The highest BCUT2D eigenvalue weighted by Gasteiger charge is 2.09. The van der Waals surface area contributed by atoms with Crippen molar-refractivity contribution in [3.63, 3.8) is 0 Å². The van der Waals surface area contributed by atoms with E-state index >= 15 is 0 Å². The summed E-state index contributed by atoms with van der Waals surface area (Å²) in [4.78, 5) is 14.6. The van der Waals surface area contributed by atoms with Gasteiger partial charge in [0.15, 0.2) is 0 Å². The van der Waals surface area contributed by atoms with Gasteiger partial charge in [-0.25, -0.2) is 5.43 Å². The van der Waals surface area contributed by atoms with Crippen LogP contribution in [0.4, 0.5) is 0 Å². The van der Waals surface area contributed by atoms with Crippen molar-refractivity contribution in [2.75, 3.05) is 0 Å². The molecule has 1 amide bonds. The summed E-state index contributed by atoms with van der Waals surface area (Å²) in [5.41, 5.74) is 6.12. The Morgan fingerprint density at radius 3 is 2.96 bits per heavy atom. The average Bonchev–Trinajstić information content (AvgIpc) is 3.26. The molecule has 3 heterocycles. The normalized spacial score (nSPS) is 11.2. The molecule has 0 spiro atoms. The molecule has 3 aromatic heterocycles. The Bertz CT molecular complexity index is 811. The third-order valence-corrected chi connectivity index (χ3v) is 3.72. The number of carbonyl (C=O) groups is 1. The van der Waals surface area contributed by atoms with Gasteiger partial charge in [-0.05, 0) is 44.2 Å². The number of hydrazone groups is 1. The van der Waals surface area contributed by atoms with Gasteiger partial charge in [-0.1, -0.05) is 0 Å². The first-order valence-corrected chi connectivity index (χ1v) is 7.31. The van der Waals surface area contributed by atoms with Gasteiger partial charge < -0.3 is 14.0 Å². The number of carbonyl (C=O) groups excluding carboxylic acids is 1. The number of H-pyrrole nitrogens is 1. The first-order valence-electron chi connectivity index (χ1n) is 7.31. The summed E-state index contributed by atoms with van der Waals surface area (Å²) in [5, 5.41) is 4.03. The molecule has 0 fully saturated rings. The van der Waals surface area contributed by atoms with Gasteiger partial charge in [0.05, 0.1) is 19.0 Å². The molecule has 0 bridgehead atoms. The van der Waals surface area contributed by atoms with Crippen LogP contribution in [0.3, 0.4) is 0 Å². The average molecular weight is 310 g/mol. The Balaban J connectivity index is 1.71. The fourth-order valence-electron chi connectivity index (χ4n) is 2.45. The number of nitrogens with zero attached hydrogens (tertiary/aromatic N) is 2. The zero-order chi connectivity index (χ0) is 16.2. The van der Waals surface area contributed by atoms with Crippen molar-refractivity contribution in [2.45, 2.75) is 20.4 Å². The molecule has 2 N–H and O–H groups in total. The van der Waals surface area contributed by atoms with Crippen molar-refractivity contribution in [1.29, 1.82) is 0 Å². The lowest BCUT2D eigenvalue weighted by atomic mass is 10.3. The summed E-state index contributed by atoms with van der Waals surface area (Å²) < 4.78 is 7.54. The van der Waals surface area contributed by atoms with Gasteiger partial charge in [-0.15, -0.1) is 0 Å². The minimum atomic E-state index is -0.268. The summed E-state index contributed by atoms with van der Waals surface area (Å²) in [7, 11) is 0. The Kier molecular flexibility index (Phi) is 4.14. The van der Waals surface area contributed by atoms with E-state index in [2.05, 4.69) is 20.1 Å². The molecule has 118 valence electrons. The first-order chi connectivity index (χ1) is 11.1. The molecule has 3 rings (SSSR count). The van der Waals surface area contributed by atoms with E-state index in [1.54, 1.807) is 30.8 Å². The van der Waals surface area contributed by atoms with E-state index in [-0.39, 0.29) is 5.91 Å². The molecule has 23 heavy (non-hydrogen) atoms. The van der Waals surface area contributed by atoms with E-state index < -0.39 is 0 Å².